The van der Waals surface area contributed by atoms with E-state index >= 15 is 0 Å². The highest BCUT2D eigenvalue weighted by Gasteiger charge is 2.19. The van der Waals surface area contributed by atoms with Crippen molar-refractivity contribution in [2.45, 2.75) is 0 Å². The maximum Gasteiger partial charge on any atom is 0.265 e. The standard InChI is InChI=1S/C13H16N2OS2/c1-15(7-8-17-2)13(16)12-11(14)9-5-3-4-6-10(9)18-12/h3-6H,7-8,14H2,1-2H3. The Balaban J connectivity index is 2.30. The lowest BCUT2D eigenvalue weighted by atomic mass is 10.2. The van der Waals surface area contributed by atoms with Gasteiger partial charge in [-0.05, 0) is 12.3 Å². The molecule has 0 bridgehead atoms. The molecule has 0 atom stereocenters. The smallest absolute Gasteiger partial charge is 0.265 e. The number of amides is 1. The molecule has 0 aliphatic rings. The Morgan fingerprint density at radius 1 is 1.44 bits per heavy atom. The fourth-order valence-electron chi connectivity index (χ4n) is 1.73. The lowest BCUT2D eigenvalue weighted by molar-refractivity contribution is 0.0809. The van der Waals surface area contributed by atoms with Crippen LogP contribution in [-0.4, -0.2) is 36.4 Å². The molecular formula is C13H16N2OS2. The van der Waals surface area contributed by atoms with Crippen LogP contribution in [0, 0.1) is 0 Å². The van der Waals surface area contributed by atoms with Gasteiger partial charge in [0.2, 0.25) is 0 Å². The van der Waals surface area contributed by atoms with Gasteiger partial charge >= 0.3 is 0 Å². The quantitative estimate of drug-likeness (QED) is 0.936. The topological polar surface area (TPSA) is 46.3 Å². The summed E-state index contributed by atoms with van der Waals surface area (Å²) in [4.78, 5) is 14.7. The van der Waals surface area contributed by atoms with Crippen LogP contribution in [0.3, 0.4) is 0 Å². The molecule has 0 spiro atoms. The van der Waals surface area contributed by atoms with Gasteiger partial charge in [-0.25, -0.2) is 0 Å². The van der Waals surface area contributed by atoms with Crippen molar-refractivity contribution in [3.8, 4) is 0 Å². The minimum absolute atomic E-state index is 0.0164. The van der Waals surface area contributed by atoms with Crippen LogP contribution in [0.1, 0.15) is 9.67 Å². The molecule has 18 heavy (non-hydrogen) atoms. The first-order chi connectivity index (χ1) is 8.65. The van der Waals surface area contributed by atoms with Crippen LogP contribution in [0.15, 0.2) is 24.3 Å². The van der Waals surface area contributed by atoms with Crippen molar-refractivity contribution in [3.05, 3.63) is 29.1 Å². The fourth-order valence-corrected chi connectivity index (χ4v) is 3.30. The summed E-state index contributed by atoms with van der Waals surface area (Å²) in [5.41, 5.74) is 6.67. The molecule has 5 heteroatoms. The van der Waals surface area contributed by atoms with E-state index in [9.17, 15) is 4.79 Å². The van der Waals surface area contributed by atoms with Crippen molar-refractivity contribution in [2.24, 2.45) is 0 Å². The van der Waals surface area contributed by atoms with E-state index in [2.05, 4.69) is 0 Å². The van der Waals surface area contributed by atoms with Crippen molar-refractivity contribution in [3.63, 3.8) is 0 Å². The zero-order chi connectivity index (χ0) is 13.1. The van der Waals surface area contributed by atoms with E-state index in [4.69, 9.17) is 5.73 Å². The van der Waals surface area contributed by atoms with Crippen LogP contribution in [0.25, 0.3) is 10.1 Å². The van der Waals surface area contributed by atoms with Gasteiger partial charge < -0.3 is 10.6 Å². The summed E-state index contributed by atoms with van der Waals surface area (Å²) < 4.78 is 1.07. The molecule has 2 aromatic rings. The van der Waals surface area contributed by atoms with E-state index in [0.717, 1.165) is 22.4 Å². The van der Waals surface area contributed by atoms with Crippen molar-refractivity contribution >= 4 is 44.8 Å². The Bertz CT molecular complexity index is 565. The van der Waals surface area contributed by atoms with E-state index in [-0.39, 0.29) is 5.91 Å². The molecule has 3 nitrogen and oxygen atoms in total. The average molecular weight is 280 g/mol. The third-order valence-corrected chi connectivity index (χ3v) is 4.57. The summed E-state index contributed by atoms with van der Waals surface area (Å²) in [5.74, 6) is 0.954. The Hall–Kier alpha value is -1.20. The molecule has 1 amide bonds. The SMILES string of the molecule is CSCCN(C)C(=O)c1sc2ccccc2c1N. The van der Waals surface area contributed by atoms with E-state index < -0.39 is 0 Å². The maximum atomic E-state index is 12.3. The average Bonchev–Trinajstić information content (AvgIpc) is 2.73. The second-order valence-electron chi connectivity index (χ2n) is 4.06. The largest absolute Gasteiger partial charge is 0.397 e. The number of nitrogens with zero attached hydrogens (tertiary/aromatic N) is 1. The van der Waals surface area contributed by atoms with E-state index in [1.165, 1.54) is 11.3 Å². The molecule has 2 rings (SSSR count). The number of nitrogens with two attached hydrogens (primary N) is 1. The van der Waals surface area contributed by atoms with Gasteiger partial charge in [0.05, 0.1) is 5.69 Å². The number of thioether (sulfide) groups is 1. The fraction of sp³-hybridized carbons (Fsp3) is 0.308. The first kappa shape index (κ1) is 13.2. The van der Waals surface area contributed by atoms with Crippen LogP contribution in [-0.2, 0) is 0 Å². The predicted molar refractivity (Wildman–Crippen MR) is 81.6 cm³/mol. The van der Waals surface area contributed by atoms with Crippen LogP contribution in [0.4, 0.5) is 5.69 Å². The van der Waals surface area contributed by atoms with Gasteiger partial charge in [-0.2, -0.15) is 11.8 Å². The normalized spacial score (nSPS) is 10.8. The van der Waals surface area contributed by atoms with Gasteiger partial charge in [0, 0.05) is 29.4 Å². The molecule has 2 N–H and O–H groups in total. The number of thiophene rings is 1. The van der Waals surface area contributed by atoms with E-state index in [1.807, 2.05) is 37.6 Å². The lowest BCUT2D eigenvalue weighted by Gasteiger charge is -2.15. The monoisotopic (exact) mass is 280 g/mol. The number of carbonyl (C=O) groups is 1. The Morgan fingerprint density at radius 2 is 2.17 bits per heavy atom. The van der Waals surface area contributed by atoms with E-state index in [1.54, 1.807) is 16.7 Å². The van der Waals surface area contributed by atoms with Crippen LogP contribution >= 0.6 is 23.1 Å². The zero-order valence-corrected chi connectivity index (χ0v) is 12.1. The highest BCUT2D eigenvalue weighted by Crippen LogP contribution is 2.33. The first-order valence-electron chi connectivity index (χ1n) is 5.66. The van der Waals surface area contributed by atoms with Gasteiger partial charge in [0.1, 0.15) is 4.88 Å². The van der Waals surface area contributed by atoms with Gasteiger partial charge in [0.15, 0.2) is 0 Å². The molecule has 96 valence electrons. The molecule has 1 aromatic heterocycles. The van der Waals surface area contributed by atoms with E-state index in [0.29, 0.717) is 10.6 Å². The lowest BCUT2D eigenvalue weighted by Crippen LogP contribution is -2.28. The third kappa shape index (κ3) is 2.47. The molecule has 0 fully saturated rings. The zero-order valence-electron chi connectivity index (χ0n) is 10.5. The third-order valence-electron chi connectivity index (χ3n) is 2.81. The number of nitrogen functional groups attached to an aromatic ring is 1. The number of rotatable bonds is 4. The van der Waals surface area contributed by atoms with Gasteiger partial charge in [-0.3, -0.25) is 4.79 Å². The van der Waals surface area contributed by atoms with Gasteiger partial charge in [0.25, 0.3) is 5.91 Å². The number of benzene rings is 1. The molecule has 1 aromatic carbocycles. The van der Waals surface area contributed by atoms with Crippen LogP contribution in [0.2, 0.25) is 0 Å². The van der Waals surface area contributed by atoms with Crippen molar-refractivity contribution < 1.29 is 4.79 Å². The highest BCUT2D eigenvalue weighted by molar-refractivity contribution is 7.98. The summed E-state index contributed by atoms with van der Waals surface area (Å²) in [6.45, 7) is 0.744. The van der Waals surface area contributed by atoms with Gasteiger partial charge in [-0.1, -0.05) is 18.2 Å². The molecule has 0 radical (unpaired) electrons. The predicted octanol–water partition coefficient (Wildman–Crippen LogP) is 2.92. The Morgan fingerprint density at radius 3 is 2.83 bits per heavy atom. The minimum Gasteiger partial charge on any atom is -0.397 e. The highest BCUT2D eigenvalue weighted by atomic mass is 32.2. The van der Waals surface area contributed by atoms with Crippen LogP contribution < -0.4 is 5.73 Å². The summed E-state index contributed by atoms with van der Waals surface area (Å²) in [6, 6.07) is 7.86. The van der Waals surface area contributed by atoms with Crippen LogP contribution in [0.5, 0.6) is 0 Å². The minimum atomic E-state index is 0.0164. The number of hydrogen-bond acceptors (Lipinski definition) is 4. The summed E-state index contributed by atoms with van der Waals surface area (Å²) in [6.07, 6.45) is 2.03. The summed E-state index contributed by atoms with van der Waals surface area (Å²) in [7, 11) is 1.82. The maximum absolute atomic E-state index is 12.3. The first-order valence-corrected chi connectivity index (χ1v) is 7.87. The number of hydrogen-bond donors (Lipinski definition) is 1. The molecule has 0 saturated carbocycles. The number of fused-ring (bicyclic) bond motifs is 1. The van der Waals surface area contributed by atoms with Gasteiger partial charge in [-0.15, -0.1) is 11.3 Å². The summed E-state index contributed by atoms with van der Waals surface area (Å²) >= 11 is 3.20. The molecule has 0 unspecified atom stereocenters. The van der Waals surface area contributed by atoms with Crippen molar-refractivity contribution in [1.82, 2.24) is 4.90 Å². The Kier molecular flexibility index (Phi) is 4.14. The van der Waals surface area contributed by atoms with Crippen molar-refractivity contribution in [2.75, 3.05) is 31.3 Å². The Labute approximate surface area is 115 Å². The molecule has 1 heterocycles. The molecule has 0 aliphatic carbocycles. The number of carbonyl (C=O) groups excluding carboxylic acids is 1. The number of anilines is 1. The second kappa shape index (κ2) is 5.63. The second-order valence-corrected chi connectivity index (χ2v) is 6.10. The molecule has 0 aliphatic heterocycles. The van der Waals surface area contributed by atoms with Crippen molar-refractivity contribution in [1.29, 1.82) is 0 Å². The molecule has 0 saturated heterocycles. The summed E-state index contributed by atoms with van der Waals surface area (Å²) in [5, 5.41) is 0.976. The molecular weight excluding hydrogens is 264 g/mol.